The van der Waals surface area contributed by atoms with Gasteiger partial charge in [-0.25, -0.2) is 0 Å². The molecule has 0 aliphatic rings. The Balaban J connectivity index is 3.12. The summed E-state index contributed by atoms with van der Waals surface area (Å²) in [5, 5.41) is 3.55. The third-order valence-corrected chi connectivity index (χ3v) is 0.991. The molecule has 0 aliphatic heterocycles. The predicted molar refractivity (Wildman–Crippen MR) is 26.0 cm³/mol. The summed E-state index contributed by atoms with van der Waals surface area (Å²) in [5.74, 6) is 0.903. The molecule has 0 N–H and O–H groups in total. The first-order chi connectivity index (χ1) is 3.30. The van der Waals surface area contributed by atoms with E-state index in [4.69, 9.17) is 4.52 Å². The van der Waals surface area contributed by atoms with Crippen LogP contribution in [0.5, 0.6) is 0 Å². The van der Waals surface area contributed by atoms with Crippen LogP contribution >= 0.6 is 0 Å². The molecule has 2 heteroatoms. The van der Waals surface area contributed by atoms with Crippen molar-refractivity contribution in [1.82, 2.24) is 5.16 Å². The van der Waals surface area contributed by atoms with Gasteiger partial charge in [0.25, 0.3) is 0 Å². The lowest BCUT2D eigenvalue weighted by Gasteiger charge is -1.75. The third kappa shape index (κ3) is 0.633. The molecule has 0 amide bonds. The molecule has 1 heterocycles. The van der Waals surface area contributed by atoms with Gasteiger partial charge in [0.15, 0.2) is 0 Å². The lowest BCUT2D eigenvalue weighted by molar-refractivity contribution is 0.396. The van der Waals surface area contributed by atoms with Crippen LogP contribution in [-0.4, -0.2) is 5.16 Å². The van der Waals surface area contributed by atoms with Gasteiger partial charge in [0.2, 0.25) is 0 Å². The summed E-state index contributed by atoms with van der Waals surface area (Å²) < 4.78 is 4.71. The highest BCUT2D eigenvalue weighted by Gasteiger charge is 1.91. The SMILES string of the molecule is Cc1cnoc1C. The summed E-state index contributed by atoms with van der Waals surface area (Å²) in [7, 11) is 0. The fourth-order valence-corrected chi connectivity index (χ4v) is 0.347. The number of aryl methyl sites for hydroxylation is 2. The minimum Gasteiger partial charge on any atom is -0.361 e. The van der Waals surface area contributed by atoms with Crippen LogP contribution in [0.15, 0.2) is 10.7 Å². The highest BCUT2D eigenvalue weighted by molar-refractivity contribution is 5.07. The van der Waals surface area contributed by atoms with Crippen LogP contribution < -0.4 is 0 Å². The summed E-state index contributed by atoms with van der Waals surface area (Å²) in [6, 6.07) is 0. The molecule has 0 bridgehead atoms. The Morgan fingerprint density at radius 1 is 1.57 bits per heavy atom. The van der Waals surface area contributed by atoms with Gasteiger partial charge in [-0.2, -0.15) is 0 Å². The van der Waals surface area contributed by atoms with Crippen molar-refractivity contribution in [1.29, 1.82) is 0 Å². The van der Waals surface area contributed by atoms with E-state index in [0.29, 0.717) is 0 Å². The van der Waals surface area contributed by atoms with Gasteiger partial charge in [-0.3, -0.25) is 0 Å². The normalized spacial score (nSPS) is 9.43. The maximum atomic E-state index is 4.71. The summed E-state index contributed by atoms with van der Waals surface area (Å²) in [6.45, 7) is 3.86. The first kappa shape index (κ1) is 4.37. The Morgan fingerprint density at radius 2 is 2.29 bits per heavy atom. The number of rotatable bonds is 0. The van der Waals surface area contributed by atoms with Gasteiger partial charge in [0.1, 0.15) is 5.76 Å². The number of nitrogens with zero attached hydrogens (tertiary/aromatic N) is 1. The Kier molecular flexibility index (Phi) is 0.855. The lowest BCUT2D eigenvalue weighted by atomic mass is 10.3. The van der Waals surface area contributed by atoms with E-state index in [1.165, 1.54) is 0 Å². The van der Waals surface area contributed by atoms with Crippen molar-refractivity contribution in [3.8, 4) is 0 Å². The van der Waals surface area contributed by atoms with Gasteiger partial charge in [0.05, 0.1) is 6.20 Å². The van der Waals surface area contributed by atoms with Gasteiger partial charge in [-0.1, -0.05) is 5.16 Å². The summed E-state index contributed by atoms with van der Waals surface area (Å²) in [4.78, 5) is 0. The van der Waals surface area contributed by atoms with Crippen LogP contribution in [0.1, 0.15) is 11.3 Å². The Labute approximate surface area is 42.1 Å². The van der Waals surface area contributed by atoms with Gasteiger partial charge in [0, 0.05) is 5.56 Å². The van der Waals surface area contributed by atoms with Crippen molar-refractivity contribution in [2.45, 2.75) is 13.8 Å². The Bertz CT molecular complexity index is 140. The fraction of sp³-hybridized carbons (Fsp3) is 0.400. The Morgan fingerprint density at radius 3 is 2.43 bits per heavy atom. The van der Waals surface area contributed by atoms with E-state index in [1.54, 1.807) is 6.20 Å². The molecular formula is C5H7NO. The summed E-state index contributed by atoms with van der Waals surface area (Å²) in [6.07, 6.45) is 1.70. The molecule has 0 aliphatic carbocycles. The largest absolute Gasteiger partial charge is 0.361 e. The predicted octanol–water partition coefficient (Wildman–Crippen LogP) is 1.29. The molecular weight excluding hydrogens is 90.1 g/mol. The Hall–Kier alpha value is -0.790. The third-order valence-electron chi connectivity index (χ3n) is 0.991. The zero-order chi connectivity index (χ0) is 5.28. The smallest absolute Gasteiger partial charge is 0.136 e. The highest BCUT2D eigenvalue weighted by atomic mass is 16.5. The molecule has 0 radical (unpaired) electrons. The van der Waals surface area contributed by atoms with Crippen molar-refractivity contribution >= 4 is 0 Å². The van der Waals surface area contributed by atoms with Crippen molar-refractivity contribution in [2.75, 3.05) is 0 Å². The molecule has 0 spiro atoms. The summed E-state index contributed by atoms with van der Waals surface area (Å²) >= 11 is 0. The van der Waals surface area contributed by atoms with E-state index in [1.807, 2.05) is 13.8 Å². The molecule has 1 aromatic rings. The second kappa shape index (κ2) is 1.37. The van der Waals surface area contributed by atoms with Crippen LogP contribution in [0.4, 0.5) is 0 Å². The molecule has 7 heavy (non-hydrogen) atoms. The molecule has 2 nitrogen and oxygen atoms in total. The maximum Gasteiger partial charge on any atom is 0.136 e. The van der Waals surface area contributed by atoms with Crippen molar-refractivity contribution in [3.05, 3.63) is 17.5 Å². The zero-order valence-corrected chi connectivity index (χ0v) is 4.43. The monoisotopic (exact) mass is 97.1 g/mol. The van der Waals surface area contributed by atoms with E-state index in [-0.39, 0.29) is 0 Å². The van der Waals surface area contributed by atoms with E-state index in [0.717, 1.165) is 11.3 Å². The summed E-state index contributed by atoms with van der Waals surface area (Å²) in [5.41, 5.74) is 1.11. The average Bonchev–Trinajstić information content (AvgIpc) is 1.91. The van der Waals surface area contributed by atoms with Crippen molar-refractivity contribution in [3.63, 3.8) is 0 Å². The van der Waals surface area contributed by atoms with Gasteiger partial charge in [-0.15, -0.1) is 0 Å². The van der Waals surface area contributed by atoms with Gasteiger partial charge in [-0.05, 0) is 13.8 Å². The molecule has 0 atom stereocenters. The minimum absolute atomic E-state index is 0.903. The first-order valence-electron chi connectivity index (χ1n) is 2.18. The zero-order valence-electron chi connectivity index (χ0n) is 4.43. The van der Waals surface area contributed by atoms with Crippen LogP contribution in [0.2, 0.25) is 0 Å². The molecule has 1 aromatic heterocycles. The standard InChI is InChI=1S/C5H7NO/c1-4-3-6-7-5(4)2/h3H,1-2H3. The first-order valence-corrected chi connectivity index (χ1v) is 2.18. The molecule has 38 valence electrons. The minimum atomic E-state index is 0.903. The molecule has 1 rings (SSSR count). The van der Waals surface area contributed by atoms with E-state index in [9.17, 15) is 0 Å². The molecule has 0 saturated carbocycles. The van der Waals surface area contributed by atoms with Crippen molar-refractivity contribution in [2.24, 2.45) is 0 Å². The second-order valence-electron chi connectivity index (χ2n) is 1.56. The lowest BCUT2D eigenvalue weighted by Crippen LogP contribution is -1.63. The highest BCUT2D eigenvalue weighted by Crippen LogP contribution is 2.00. The molecule has 0 saturated heterocycles. The fourth-order valence-electron chi connectivity index (χ4n) is 0.347. The quantitative estimate of drug-likeness (QED) is 0.487. The van der Waals surface area contributed by atoms with Gasteiger partial charge >= 0.3 is 0 Å². The molecule has 0 aromatic carbocycles. The van der Waals surface area contributed by atoms with Crippen molar-refractivity contribution < 1.29 is 4.52 Å². The molecule has 0 fully saturated rings. The number of aromatic nitrogens is 1. The van der Waals surface area contributed by atoms with Crippen LogP contribution in [-0.2, 0) is 0 Å². The van der Waals surface area contributed by atoms with E-state index in [2.05, 4.69) is 5.16 Å². The number of hydrogen-bond donors (Lipinski definition) is 0. The second-order valence-corrected chi connectivity index (χ2v) is 1.56. The average molecular weight is 97.1 g/mol. The number of hydrogen-bond acceptors (Lipinski definition) is 2. The topological polar surface area (TPSA) is 26.0 Å². The van der Waals surface area contributed by atoms with Gasteiger partial charge < -0.3 is 4.52 Å². The van der Waals surface area contributed by atoms with E-state index < -0.39 is 0 Å². The molecule has 0 unspecified atom stereocenters. The van der Waals surface area contributed by atoms with Crippen LogP contribution in [0, 0.1) is 13.8 Å². The maximum absolute atomic E-state index is 4.71. The van der Waals surface area contributed by atoms with E-state index >= 15 is 0 Å². The van der Waals surface area contributed by atoms with Crippen LogP contribution in [0.3, 0.4) is 0 Å². The van der Waals surface area contributed by atoms with Crippen LogP contribution in [0.25, 0.3) is 0 Å².